The molecule has 1 fully saturated rings. The van der Waals surface area contributed by atoms with E-state index in [1.54, 1.807) is 12.2 Å². The zero-order chi connectivity index (χ0) is 13.8. The van der Waals surface area contributed by atoms with E-state index in [4.69, 9.17) is 4.74 Å². The van der Waals surface area contributed by atoms with Crippen LogP contribution in [-0.2, 0) is 4.74 Å². The number of anilines is 1. The maximum Gasteiger partial charge on any atom is 0.195 e. The number of carbonyl (C=O) groups excluding carboxylic acids is 1. The Morgan fingerprint density at radius 1 is 1.40 bits per heavy atom. The molecule has 1 aliphatic rings. The minimum absolute atomic E-state index is 0.000859. The van der Waals surface area contributed by atoms with Crippen molar-refractivity contribution >= 4 is 39.7 Å². The first-order chi connectivity index (χ1) is 9.84. The molecule has 0 atom stereocenters. The van der Waals surface area contributed by atoms with Crippen LogP contribution in [0.2, 0.25) is 0 Å². The molecule has 3 rings (SSSR count). The molecule has 7 heteroatoms. The molecule has 1 aliphatic heterocycles. The lowest BCUT2D eigenvalue weighted by molar-refractivity contribution is 0.105. The fourth-order valence-electron chi connectivity index (χ4n) is 1.94. The fourth-order valence-corrected chi connectivity index (χ4v) is 3.29. The number of morpholine rings is 1. The molecule has 0 aromatic carbocycles. The Balaban J connectivity index is 1.74. The molecule has 104 valence electrons. The second-order valence-corrected chi connectivity index (χ2v) is 5.92. The molecule has 0 radical (unpaired) electrons. The van der Waals surface area contributed by atoms with Crippen molar-refractivity contribution in [3.8, 4) is 0 Å². The highest BCUT2D eigenvalue weighted by Gasteiger charge is 2.17. The zero-order valence-corrected chi connectivity index (χ0v) is 12.3. The Kier molecular flexibility index (Phi) is 4.19. The number of ketones is 1. The van der Waals surface area contributed by atoms with Crippen LogP contribution in [0.4, 0.5) is 5.00 Å². The molecule has 5 nitrogen and oxygen atoms in total. The maximum absolute atomic E-state index is 11.9. The molecular formula is C13H13N3O2S2. The number of nitrogens with zero attached hydrogens (tertiary/aromatic N) is 3. The first kappa shape index (κ1) is 13.4. The lowest BCUT2D eigenvalue weighted by Gasteiger charge is -2.27. The standard InChI is InChI=1S/C13H13N3O2S2/c17-11(12-2-1-9-19-12)4-3-10-13(20-15-14-10)16-5-7-18-8-6-16/h1-4,9H,5-8H2/b4-3+. The third-order valence-electron chi connectivity index (χ3n) is 2.95. The number of thiophene rings is 1. The second-order valence-electron chi connectivity index (χ2n) is 4.24. The Bertz CT molecular complexity index is 601. The van der Waals surface area contributed by atoms with Gasteiger partial charge in [-0.1, -0.05) is 10.6 Å². The molecular weight excluding hydrogens is 294 g/mol. The van der Waals surface area contributed by atoms with E-state index in [1.165, 1.54) is 22.9 Å². The van der Waals surface area contributed by atoms with Crippen molar-refractivity contribution < 1.29 is 9.53 Å². The zero-order valence-electron chi connectivity index (χ0n) is 10.7. The Morgan fingerprint density at radius 2 is 2.25 bits per heavy atom. The molecule has 0 N–H and O–H groups in total. The van der Waals surface area contributed by atoms with Gasteiger partial charge in [0.25, 0.3) is 0 Å². The average molecular weight is 307 g/mol. The van der Waals surface area contributed by atoms with Crippen LogP contribution in [-0.4, -0.2) is 41.7 Å². The quantitative estimate of drug-likeness (QED) is 0.641. The van der Waals surface area contributed by atoms with E-state index in [-0.39, 0.29) is 5.78 Å². The van der Waals surface area contributed by atoms with Gasteiger partial charge in [0.1, 0.15) is 10.7 Å². The van der Waals surface area contributed by atoms with Crippen LogP contribution in [0.3, 0.4) is 0 Å². The van der Waals surface area contributed by atoms with Crippen LogP contribution >= 0.6 is 22.9 Å². The number of hydrogen-bond donors (Lipinski definition) is 0. The highest BCUT2D eigenvalue weighted by Crippen LogP contribution is 2.25. The minimum atomic E-state index is 0.000859. The molecule has 0 bridgehead atoms. The predicted octanol–water partition coefficient (Wildman–Crippen LogP) is 2.33. The highest BCUT2D eigenvalue weighted by molar-refractivity contribution is 7.12. The number of ether oxygens (including phenoxy) is 1. The van der Waals surface area contributed by atoms with Crippen LogP contribution in [0.1, 0.15) is 15.4 Å². The van der Waals surface area contributed by atoms with Gasteiger partial charge in [0.2, 0.25) is 0 Å². The summed E-state index contributed by atoms with van der Waals surface area (Å²) in [5, 5.41) is 6.99. The summed E-state index contributed by atoms with van der Waals surface area (Å²) < 4.78 is 9.32. The summed E-state index contributed by atoms with van der Waals surface area (Å²) in [7, 11) is 0. The number of rotatable bonds is 4. The van der Waals surface area contributed by atoms with Gasteiger partial charge in [0, 0.05) is 24.6 Å². The van der Waals surface area contributed by atoms with Crippen LogP contribution in [0, 0.1) is 0 Å². The summed E-state index contributed by atoms with van der Waals surface area (Å²) in [5.74, 6) is 0.000859. The summed E-state index contributed by atoms with van der Waals surface area (Å²) in [5.41, 5.74) is 0.752. The lowest BCUT2D eigenvalue weighted by Crippen LogP contribution is -2.36. The summed E-state index contributed by atoms with van der Waals surface area (Å²) in [6, 6.07) is 3.69. The first-order valence-electron chi connectivity index (χ1n) is 6.25. The molecule has 0 saturated carbocycles. The van der Waals surface area contributed by atoms with Crippen LogP contribution in [0.25, 0.3) is 6.08 Å². The minimum Gasteiger partial charge on any atom is -0.378 e. The van der Waals surface area contributed by atoms with E-state index in [0.717, 1.165) is 41.9 Å². The monoisotopic (exact) mass is 307 g/mol. The van der Waals surface area contributed by atoms with Crippen molar-refractivity contribution in [2.45, 2.75) is 0 Å². The van der Waals surface area contributed by atoms with Crippen molar-refractivity contribution in [1.29, 1.82) is 0 Å². The smallest absolute Gasteiger partial charge is 0.195 e. The number of allylic oxidation sites excluding steroid dienone is 1. The molecule has 0 aliphatic carbocycles. The van der Waals surface area contributed by atoms with Crippen LogP contribution < -0.4 is 4.90 Å². The van der Waals surface area contributed by atoms with E-state index in [9.17, 15) is 4.79 Å². The Hall–Kier alpha value is -1.57. The Morgan fingerprint density at radius 3 is 3.00 bits per heavy atom. The van der Waals surface area contributed by atoms with Crippen LogP contribution in [0.15, 0.2) is 23.6 Å². The molecule has 0 amide bonds. The molecule has 3 heterocycles. The molecule has 1 saturated heterocycles. The van der Waals surface area contributed by atoms with Crippen molar-refractivity contribution in [3.63, 3.8) is 0 Å². The maximum atomic E-state index is 11.9. The van der Waals surface area contributed by atoms with Crippen molar-refractivity contribution in [2.24, 2.45) is 0 Å². The van der Waals surface area contributed by atoms with Gasteiger partial charge in [-0.25, -0.2) is 0 Å². The summed E-state index contributed by atoms with van der Waals surface area (Å²) in [6.45, 7) is 3.11. The van der Waals surface area contributed by atoms with Gasteiger partial charge in [0.05, 0.1) is 18.1 Å². The van der Waals surface area contributed by atoms with Crippen molar-refractivity contribution in [1.82, 2.24) is 9.59 Å². The summed E-state index contributed by atoms with van der Waals surface area (Å²) >= 11 is 2.79. The summed E-state index contributed by atoms with van der Waals surface area (Å²) in [6.07, 6.45) is 3.31. The van der Waals surface area contributed by atoms with E-state index < -0.39 is 0 Å². The van der Waals surface area contributed by atoms with E-state index in [1.807, 2.05) is 17.5 Å². The molecule has 2 aromatic rings. The first-order valence-corrected chi connectivity index (χ1v) is 7.91. The van der Waals surface area contributed by atoms with Gasteiger partial charge in [-0.3, -0.25) is 4.79 Å². The van der Waals surface area contributed by atoms with E-state index >= 15 is 0 Å². The largest absolute Gasteiger partial charge is 0.378 e. The normalized spacial score (nSPS) is 15.9. The third-order valence-corrected chi connectivity index (χ3v) is 4.64. The average Bonchev–Trinajstić information content (AvgIpc) is 3.17. The number of aromatic nitrogens is 2. The predicted molar refractivity (Wildman–Crippen MR) is 80.6 cm³/mol. The third kappa shape index (κ3) is 2.95. The molecule has 20 heavy (non-hydrogen) atoms. The topological polar surface area (TPSA) is 55.3 Å². The number of hydrogen-bond acceptors (Lipinski definition) is 7. The van der Waals surface area contributed by atoms with Gasteiger partial charge in [-0.15, -0.1) is 16.4 Å². The van der Waals surface area contributed by atoms with Crippen molar-refractivity contribution in [3.05, 3.63) is 34.2 Å². The molecule has 0 spiro atoms. The molecule has 0 unspecified atom stereocenters. The van der Waals surface area contributed by atoms with Gasteiger partial charge in [0.15, 0.2) is 5.78 Å². The highest BCUT2D eigenvalue weighted by atomic mass is 32.1. The number of carbonyl (C=O) groups is 1. The van der Waals surface area contributed by atoms with E-state index in [2.05, 4.69) is 14.5 Å². The van der Waals surface area contributed by atoms with Gasteiger partial charge in [-0.05, 0) is 23.6 Å². The lowest BCUT2D eigenvalue weighted by atomic mass is 10.2. The fraction of sp³-hybridized carbons (Fsp3) is 0.308. The van der Waals surface area contributed by atoms with Crippen molar-refractivity contribution in [2.75, 3.05) is 31.2 Å². The van der Waals surface area contributed by atoms with Gasteiger partial charge < -0.3 is 9.64 Å². The Labute approximate surface area is 124 Å². The summed E-state index contributed by atoms with van der Waals surface area (Å²) in [4.78, 5) is 14.9. The van der Waals surface area contributed by atoms with Crippen LogP contribution in [0.5, 0.6) is 0 Å². The van der Waals surface area contributed by atoms with E-state index in [0.29, 0.717) is 0 Å². The second kappa shape index (κ2) is 6.25. The molecule has 2 aromatic heterocycles. The van der Waals surface area contributed by atoms with Gasteiger partial charge in [-0.2, -0.15) is 0 Å². The van der Waals surface area contributed by atoms with Gasteiger partial charge >= 0.3 is 0 Å². The SMILES string of the molecule is O=C(/C=C/c1nnsc1N1CCOCC1)c1cccs1.